The lowest BCUT2D eigenvalue weighted by molar-refractivity contribution is 0.0949. The molecule has 0 unspecified atom stereocenters. The molecule has 0 heterocycles. The number of hydrogen-bond acceptors (Lipinski definition) is 2. The van der Waals surface area contributed by atoms with Gasteiger partial charge in [0.25, 0.3) is 11.8 Å². The Balaban J connectivity index is 1.58. The van der Waals surface area contributed by atoms with Crippen molar-refractivity contribution in [3.8, 4) is 0 Å². The summed E-state index contributed by atoms with van der Waals surface area (Å²) in [5, 5.41) is 6.10. The maximum absolute atomic E-state index is 12.9. The molecule has 6 heteroatoms. The molecule has 3 rings (SSSR count). The van der Waals surface area contributed by atoms with E-state index in [1.807, 2.05) is 0 Å². The molecule has 136 valence electrons. The fourth-order valence-electron chi connectivity index (χ4n) is 2.40. The summed E-state index contributed by atoms with van der Waals surface area (Å²) in [6, 6.07) is 19.0. The molecule has 4 nitrogen and oxygen atoms in total. The molecule has 0 aliphatic heterocycles. The molecule has 0 bridgehead atoms. The van der Waals surface area contributed by atoms with Crippen LogP contribution in [0.4, 0.5) is 10.1 Å². The van der Waals surface area contributed by atoms with E-state index in [1.54, 1.807) is 60.7 Å². The van der Waals surface area contributed by atoms with Crippen molar-refractivity contribution in [1.82, 2.24) is 5.32 Å². The van der Waals surface area contributed by atoms with E-state index in [-0.39, 0.29) is 24.2 Å². The van der Waals surface area contributed by atoms with E-state index in [0.717, 1.165) is 5.56 Å². The van der Waals surface area contributed by atoms with Crippen LogP contribution < -0.4 is 10.6 Å². The summed E-state index contributed by atoms with van der Waals surface area (Å²) < 4.78 is 12.9. The molecule has 27 heavy (non-hydrogen) atoms. The predicted molar refractivity (Wildman–Crippen MR) is 103 cm³/mol. The van der Waals surface area contributed by atoms with Crippen LogP contribution in [-0.4, -0.2) is 11.8 Å². The van der Waals surface area contributed by atoms with Crippen LogP contribution in [0.2, 0.25) is 5.02 Å². The second kappa shape index (κ2) is 8.47. The van der Waals surface area contributed by atoms with Crippen LogP contribution in [0, 0.1) is 5.82 Å². The minimum atomic E-state index is -0.322. The Kier molecular flexibility index (Phi) is 5.84. The highest BCUT2D eigenvalue weighted by Gasteiger charge is 2.09. The number of carbonyl (C=O) groups is 2. The molecule has 0 aliphatic carbocycles. The van der Waals surface area contributed by atoms with Crippen molar-refractivity contribution in [2.24, 2.45) is 0 Å². The van der Waals surface area contributed by atoms with Crippen LogP contribution in [0.25, 0.3) is 0 Å². The van der Waals surface area contributed by atoms with Crippen molar-refractivity contribution in [3.05, 3.63) is 100 Å². The fourth-order valence-corrected chi connectivity index (χ4v) is 2.52. The SMILES string of the molecule is O=C(NCc1ccc(F)cc1)c1ccc(C(=O)Nc2ccc(Cl)cc2)cc1. The zero-order valence-corrected chi connectivity index (χ0v) is 15.0. The van der Waals surface area contributed by atoms with E-state index in [1.165, 1.54) is 12.1 Å². The van der Waals surface area contributed by atoms with Gasteiger partial charge in [0.1, 0.15) is 5.82 Å². The number of nitrogens with one attached hydrogen (secondary N) is 2. The van der Waals surface area contributed by atoms with Crippen LogP contribution in [0.3, 0.4) is 0 Å². The Morgan fingerprint density at radius 1 is 0.778 bits per heavy atom. The number of rotatable bonds is 5. The van der Waals surface area contributed by atoms with Gasteiger partial charge in [0.15, 0.2) is 0 Å². The molecule has 2 amide bonds. The van der Waals surface area contributed by atoms with Crippen LogP contribution in [0.1, 0.15) is 26.3 Å². The highest BCUT2D eigenvalue weighted by Crippen LogP contribution is 2.15. The normalized spacial score (nSPS) is 10.3. The first-order valence-electron chi connectivity index (χ1n) is 8.21. The molecular formula is C21H16ClFN2O2. The molecule has 0 saturated carbocycles. The zero-order chi connectivity index (χ0) is 19.2. The molecule has 0 fully saturated rings. The average molecular weight is 383 g/mol. The first-order valence-corrected chi connectivity index (χ1v) is 8.59. The Hall–Kier alpha value is -3.18. The van der Waals surface area contributed by atoms with Gasteiger partial charge in [0.2, 0.25) is 0 Å². The Bertz CT molecular complexity index is 939. The summed E-state index contributed by atoms with van der Waals surface area (Å²) in [5.74, 6) is -0.878. The highest BCUT2D eigenvalue weighted by molar-refractivity contribution is 6.30. The first kappa shape index (κ1) is 18.6. The number of benzene rings is 3. The van der Waals surface area contributed by atoms with Gasteiger partial charge in [0.05, 0.1) is 0 Å². The average Bonchev–Trinajstić information content (AvgIpc) is 2.69. The van der Waals surface area contributed by atoms with Crippen LogP contribution >= 0.6 is 11.6 Å². The summed E-state index contributed by atoms with van der Waals surface area (Å²) in [6.07, 6.45) is 0. The van der Waals surface area contributed by atoms with Crippen LogP contribution in [0.5, 0.6) is 0 Å². The molecule has 0 saturated heterocycles. The smallest absolute Gasteiger partial charge is 0.255 e. The van der Waals surface area contributed by atoms with Crippen molar-refractivity contribution < 1.29 is 14.0 Å². The number of hydrogen-bond donors (Lipinski definition) is 2. The molecule has 0 radical (unpaired) electrons. The molecule has 2 N–H and O–H groups in total. The monoisotopic (exact) mass is 382 g/mol. The minimum Gasteiger partial charge on any atom is -0.348 e. The van der Waals surface area contributed by atoms with Gasteiger partial charge >= 0.3 is 0 Å². The molecule has 0 aliphatic rings. The third-order valence-electron chi connectivity index (χ3n) is 3.88. The van der Waals surface area contributed by atoms with Crippen molar-refractivity contribution in [2.45, 2.75) is 6.54 Å². The third-order valence-corrected chi connectivity index (χ3v) is 4.13. The predicted octanol–water partition coefficient (Wildman–Crippen LogP) is 4.66. The molecule has 3 aromatic carbocycles. The molecule has 3 aromatic rings. The molecule has 0 spiro atoms. The highest BCUT2D eigenvalue weighted by atomic mass is 35.5. The van der Waals surface area contributed by atoms with Gasteiger partial charge in [-0.05, 0) is 66.2 Å². The summed E-state index contributed by atoms with van der Waals surface area (Å²) in [4.78, 5) is 24.4. The number of amides is 2. The van der Waals surface area contributed by atoms with Crippen molar-refractivity contribution in [1.29, 1.82) is 0 Å². The van der Waals surface area contributed by atoms with Gasteiger partial charge in [-0.2, -0.15) is 0 Å². The first-order chi connectivity index (χ1) is 13.0. The van der Waals surface area contributed by atoms with E-state index in [2.05, 4.69) is 10.6 Å². The van der Waals surface area contributed by atoms with Gasteiger partial charge in [-0.15, -0.1) is 0 Å². The van der Waals surface area contributed by atoms with Crippen molar-refractivity contribution >= 4 is 29.1 Å². The lowest BCUT2D eigenvalue weighted by Gasteiger charge is -2.08. The van der Waals surface area contributed by atoms with Crippen molar-refractivity contribution in [3.63, 3.8) is 0 Å². The quantitative estimate of drug-likeness (QED) is 0.674. The van der Waals surface area contributed by atoms with Crippen LogP contribution in [0.15, 0.2) is 72.8 Å². The maximum atomic E-state index is 12.9. The summed E-state index contributed by atoms with van der Waals surface area (Å²) in [5.41, 5.74) is 2.29. The standard InChI is InChI=1S/C21H16ClFN2O2/c22-17-7-11-19(12-8-17)25-21(27)16-5-3-15(4-6-16)20(26)24-13-14-1-9-18(23)10-2-14/h1-12H,13H2,(H,24,26)(H,25,27). The van der Waals surface area contributed by atoms with Crippen LogP contribution in [-0.2, 0) is 6.54 Å². The zero-order valence-electron chi connectivity index (χ0n) is 14.2. The van der Waals surface area contributed by atoms with E-state index >= 15 is 0 Å². The maximum Gasteiger partial charge on any atom is 0.255 e. The lowest BCUT2D eigenvalue weighted by Crippen LogP contribution is -2.23. The second-order valence-electron chi connectivity index (χ2n) is 5.85. The van der Waals surface area contributed by atoms with Gasteiger partial charge < -0.3 is 10.6 Å². The summed E-state index contributed by atoms with van der Waals surface area (Å²) >= 11 is 5.82. The lowest BCUT2D eigenvalue weighted by atomic mass is 10.1. The Morgan fingerprint density at radius 3 is 1.93 bits per heavy atom. The van der Waals surface area contributed by atoms with E-state index in [4.69, 9.17) is 11.6 Å². The number of carbonyl (C=O) groups excluding carboxylic acids is 2. The fraction of sp³-hybridized carbons (Fsp3) is 0.0476. The topological polar surface area (TPSA) is 58.2 Å². The largest absolute Gasteiger partial charge is 0.348 e. The van der Waals surface area contributed by atoms with E-state index in [0.29, 0.717) is 21.8 Å². The summed E-state index contributed by atoms with van der Waals surface area (Å²) in [6.45, 7) is 0.290. The van der Waals surface area contributed by atoms with Gasteiger partial charge in [-0.1, -0.05) is 23.7 Å². The molecule has 0 atom stereocenters. The molecular weight excluding hydrogens is 367 g/mol. The summed E-state index contributed by atoms with van der Waals surface area (Å²) in [7, 11) is 0. The van der Waals surface area contributed by atoms with Gasteiger partial charge in [-0.25, -0.2) is 4.39 Å². The number of anilines is 1. The van der Waals surface area contributed by atoms with E-state index < -0.39 is 0 Å². The second-order valence-corrected chi connectivity index (χ2v) is 6.28. The molecule has 0 aromatic heterocycles. The Labute approximate surface area is 161 Å². The third kappa shape index (κ3) is 5.15. The van der Waals surface area contributed by atoms with Crippen molar-refractivity contribution in [2.75, 3.05) is 5.32 Å². The van der Waals surface area contributed by atoms with E-state index in [9.17, 15) is 14.0 Å². The van der Waals surface area contributed by atoms with Gasteiger partial charge in [-0.3, -0.25) is 9.59 Å². The Morgan fingerprint density at radius 2 is 1.33 bits per heavy atom. The van der Waals surface area contributed by atoms with Gasteiger partial charge in [0, 0.05) is 28.4 Å². The minimum absolute atomic E-state index is 0.274. The number of halogens is 2.